The molecule has 1 amide bonds. The number of hydrogen-bond acceptors (Lipinski definition) is 5. The van der Waals surface area contributed by atoms with E-state index in [0.29, 0.717) is 13.2 Å². The highest BCUT2D eigenvalue weighted by Crippen LogP contribution is 2.46. The third-order valence-electron chi connectivity index (χ3n) is 4.09. The highest BCUT2D eigenvalue weighted by atomic mass is 32.1. The van der Waals surface area contributed by atoms with Crippen molar-refractivity contribution in [2.45, 2.75) is 30.7 Å². The monoisotopic (exact) mass is 296 g/mol. The molecule has 2 atom stereocenters. The smallest absolute Gasteiger partial charge is 0.244 e. The van der Waals surface area contributed by atoms with Crippen molar-refractivity contribution in [3.8, 4) is 0 Å². The van der Waals surface area contributed by atoms with E-state index >= 15 is 0 Å². The number of rotatable bonds is 6. The normalized spacial score (nSPS) is 25.4. The number of carbonyl (C=O) groups is 1. The maximum Gasteiger partial charge on any atom is 0.244 e. The fourth-order valence-corrected chi connectivity index (χ4v) is 3.44. The van der Waals surface area contributed by atoms with Crippen LogP contribution >= 0.6 is 11.3 Å². The predicted molar refractivity (Wildman–Crippen MR) is 76.5 cm³/mol. The Labute approximate surface area is 122 Å². The fraction of sp³-hybridized carbons (Fsp3) is 0.643. The number of ether oxygens (including phenoxy) is 2. The molecule has 1 spiro atoms. The molecule has 110 valence electrons. The first-order valence-electron chi connectivity index (χ1n) is 6.83. The van der Waals surface area contributed by atoms with E-state index in [1.165, 1.54) is 0 Å². The first-order chi connectivity index (χ1) is 9.70. The van der Waals surface area contributed by atoms with E-state index in [1.54, 1.807) is 25.6 Å². The van der Waals surface area contributed by atoms with Crippen molar-refractivity contribution >= 4 is 17.2 Å². The molecule has 1 saturated carbocycles. The average molecular weight is 296 g/mol. The minimum Gasteiger partial charge on any atom is -0.382 e. The van der Waals surface area contributed by atoms with Crippen LogP contribution in [0, 0.1) is 0 Å². The van der Waals surface area contributed by atoms with Crippen LogP contribution in [-0.2, 0) is 14.3 Å². The summed E-state index contributed by atoms with van der Waals surface area (Å²) in [7, 11) is 3.30. The number of nitrogens with one attached hydrogen (secondary N) is 1. The predicted octanol–water partition coefficient (Wildman–Crippen LogP) is 1.37. The molecule has 2 aliphatic rings. The maximum absolute atomic E-state index is 12.6. The van der Waals surface area contributed by atoms with Crippen molar-refractivity contribution in [2.24, 2.45) is 0 Å². The topological polar surface area (TPSA) is 50.8 Å². The third kappa shape index (κ3) is 2.37. The molecular formula is C14H20N2O3S. The molecule has 2 heterocycles. The van der Waals surface area contributed by atoms with Gasteiger partial charge in [-0.1, -0.05) is 0 Å². The molecule has 0 aromatic carbocycles. The van der Waals surface area contributed by atoms with Gasteiger partial charge in [0.15, 0.2) is 0 Å². The molecule has 5 nitrogen and oxygen atoms in total. The Morgan fingerprint density at radius 1 is 1.55 bits per heavy atom. The van der Waals surface area contributed by atoms with Crippen molar-refractivity contribution in [2.75, 3.05) is 27.4 Å². The van der Waals surface area contributed by atoms with E-state index in [0.717, 1.165) is 18.4 Å². The molecule has 2 unspecified atom stereocenters. The molecule has 20 heavy (non-hydrogen) atoms. The fourth-order valence-electron chi connectivity index (χ4n) is 2.76. The average Bonchev–Trinajstić information content (AvgIpc) is 2.93. The maximum atomic E-state index is 12.6. The van der Waals surface area contributed by atoms with Crippen LogP contribution in [0.1, 0.15) is 24.6 Å². The van der Waals surface area contributed by atoms with Gasteiger partial charge in [0.05, 0.1) is 19.3 Å². The molecular weight excluding hydrogens is 276 g/mol. The van der Waals surface area contributed by atoms with E-state index in [4.69, 9.17) is 9.47 Å². The Morgan fingerprint density at radius 2 is 2.35 bits per heavy atom. The van der Waals surface area contributed by atoms with Gasteiger partial charge in [-0.3, -0.25) is 10.1 Å². The second-order valence-electron chi connectivity index (χ2n) is 5.46. The van der Waals surface area contributed by atoms with Crippen molar-refractivity contribution in [3.05, 3.63) is 22.4 Å². The highest BCUT2D eigenvalue weighted by Gasteiger charge is 2.59. The second kappa shape index (κ2) is 5.44. The van der Waals surface area contributed by atoms with Gasteiger partial charge < -0.3 is 14.4 Å². The van der Waals surface area contributed by atoms with Crippen LogP contribution in [0.4, 0.5) is 0 Å². The van der Waals surface area contributed by atoms with E-state index < -0.39 is 0 Å². The summed E-state index contributed by atoms with van der Waals surface area (Å²) in [4.78, 5) is 14.5. The summed E-state index contributed by atoms with van der Waals surface area (Å²) < 4.78 is 10.6. The van der Waals surface area contributed by atoms with E-state index in [-0.39, 0.29) is 23.7 Å². The van der Waals surface area contributed by atoms with Gasteiger partial charge in [-0.05, 0) is 35.2 Å². The van der Waals surface area contributed by atoms with Gasteiger partial charge in [0.1, 0.15) is 11.7 Å². The standard InChI is InChI=1S/C14H20N2O3S/c1-18-8-11(19-2)7-16-12(10-3-6-20-9-10)15-14(4-5-14)13(16)17/h3,6,9,11-12,15H,4-5,7-8H2,1-2H3. The molecule has 1 N–H and O–H groups in total. The zero-order valence-corrected chi connectivity index (χ0v) is 12.6. The molecule has 1 aliphatic carbocycles. The van der Waals surface area contributed by atoms with Crippen LogP contribution in [0.2, 0.25) is 0 Å². The van der Waals surface area contributed by atoms with Crippen molar-refractivity contribution < 1.29 is 14.3 Å². The minimum atomic E-state index is -0.308. The molecule has 1 aromatic rings. The van der Waals surface area contributed by atoms with Gasteiger partial charge in [-0.15, -0.1) is 0 Å². The number of thiophene rings is 1. The molecule has 0 bridgehead atoms. The Hall–Kier alpha value is -0.950. The first kappa shape index (κ1) is 14.0. The number of nitrogens with zero attached hydrogens (tertiary/aromatic N) is 1. The zero-order valence-electron chi connectivity index (χ0n) is 11.8. The van der Waals surface area contributed by atoms with Crippen LogP contribution in [0.25, 0.3) is 0 Å². The van der Waals surface area contributed by atoms with Gasteiger partial charge >= 0.3 is 0 Å². The largest absolute Gasteiger partial charge is 0.382 e. The molecule has 2 fully saturated rings. The van der Waals surface area contributed by atoms with E-state index in [9.17, 15) is 4.79 Å². The molecule has 1 aliphatic heterocycles. The second-order valence-corrected chi connectivity index (χ2v) is 6.24. The van der Waals surface area contributed by atoms with Crippen LogP contribution in [0.5, 0.6) is 0 Å². The SMILES string of the molecule is COCC(CN1C(=O)C2(CC2)NC1c1ccsc1)OC. The molecule has 6 heteroatoms. The lowest BCUT2D eigenvalue weighted by atomic mass is 10.2. The van der Waals surface area contributed by atoms with Crippen LogP contribution in [0.3, 0.4) is 0 Å². The van der Waals surface area contributed by atoms with Crippen LogP contribution in [-0.4, -0.2) is 49.8 Å². The molecule has 3 rings (SSSR count). The van der Waals surface area contributed by atoms with Gasteiger partial charge in [0.2, 0.25) is 5.91 Å². The summed E-state index contributed by atoms with van der Waals surface area (Å²) in [6, 6.07) is 2.07. The van der Waals surface area contributed by atoms with Gasteiger partial charge in [-0.2, -0.15) is 11.3 Å². The van der Waals surface area contributed by atoms with Crippen LogP contribution in [0.15, 0.2) is 16.8 Å². The zero-order chi connectivity index (χ0) is 14.2. The minimum absolute atomic E-state index is 0.0363. The first-order valence-corrected chi connectivity index (χ1v) is 7.77. The lowest BCUT2D eigenvalue weighted by molar-refractivity contribution is -0.133. The van der Waals surface area contributed by atoms with Crippen LogP contribution < -0.4 is 5.32 Å². The summed E-state index contributed by atoms with van der Waals surface area (Å²) in [6.07, 6.45) is 1.74. The quantitative estimate of drug-likeness (QED) is 0.861. The number of methoxy groups -OCH3 is 2. The number of amides is 1. The Balaban J connectivity index is 1.79. The highest BCUT2D eigenvalue weighted by molar-refractivity contribution is 7.07. The van der Waals surface area contributed by atoms with Gasteiger partial charge in [0, 0.05) is 14.2 Å². The van der Waals surface area contributed by atoms with Crippen molar-refractivity contribution in [1.29, 1.82) is 0 Å². The summed E-state index contributed by atoms with van der Waals surface area (Å²) in [5, 5.41) is 7.64. The summed E-state index contributed by atoms with van der Waals surface area (Å²) >= 11 is 1.65. The van der Waals surface area contributed by atoms with E-state index in [1.807, 2.05) is 10.3 Å². The van der Waals surface area contributed by atoms with Gasteiger partial charge in [-0.25, -0.2) is 0 Å². The Morgan fingerprint density at radius 3 is 2.90 bits per heavy atom. The molecule has 0 radical (unpaired) electrons. The summed E-state index contributed by atoms with van der Waals surface area (Å²) in [5.74, 6) is 0.201. The number of carbonyl (C=O) groups excluding carboxylic acids is 1. The lowest BCUT2D eigenvalue weighted by Crippen LogP contribution is -2.40. The van der Waals surface area contributed by atoms with Gasteiger partial charge in [0.25, 0.3) is 0 Å². The molecule has 1 aromatic heterocycles. The summed E-state index contributed by atoms with van der Waals surface area (Å²) in [6.45, 7) is 1.04. The third-order valence-corrected chi connectivity index (χ3v) is 4.79. The molecule has 1 saturated heterocycles. The van der Waals surface area contributed by atoms with Crippen molar-refractivity contribution in [3.63, 3.8) is 0 Å². The Bertz CT molecular complexity index is 473. The lowest BCUT2D eigenvalue weighted by Gasteiger charge is -2.27. The Kier molecular flexibility index (Phi) is 3.81. The number of hydrogen-bond donors (Lipinski definition) is 1. The summed E-state index contributed by atoms with van der Waals surface area (Å²) in [5.41, 5.74) is 0.845. The van der Waals surface area contributed by atoms with Crippen molar-refractivity contribution in [1.82, 2.24) is 10.2 Å². The van der Waals surface area contributed by atoms with E-state index in [2.05, 4.69) is 16.8 Å².